The number of nitrogens with zero attached hydrogens (tertiary/aromatic N) is 4. The van der Waals surface area contributed by atoms with Gasteiger partial charge in [-0.15, -0.1) is 0 Å². The van der Waals surface area contributed by atoms with E-state index in [-0.39, 0.29) is 24.0 Å². The number of carbonyl (C=O) groups is 2. The molecule has 6 rings (SSSR count). The molecule has 4 aromatic rings. The van der Waals surface area contributed by atoms with Gasteiger partial charge in [-0.1, -0.05) is 6.08 Å². The number of aliphatic hydroxyl groups is 1. The molecule has 2 aromatic carbocycles. The van der Waals surface area contributed by atoms with Crippen LogP contribution in [0.2, 0.25) is 0 Å². The molecule has 10 heteroatoms. The first-order valence-electron chi connectivity index (χ1n) is 12.1. The molecule has 2 amide bonds. The fraction of sp³-hybridized carbons (Fsp3) is 0.259. The number of amides is 2. The highest BCUT2D eigenvalue weighted by Gasteiger charge is 2.27. The lowest BCUT2D eigenvalue weighted by molar-refractivity contribution is 0.0706. The number of ether oxygens (including phenoxy) is 1. The summed E-state index contributed by atoms with van der Waals surface area (Å²) in [6.07, 6.45) is 5.53. The molecule has 0 saturated carbocycles. The maximum Gasteiger partial charge on any atom is 0.273 e. The van der Waals surface area contributed by atoms with Crippen molar-refractivity contribution in [2.75, 3.05) is 11.9 Å². The van der Waals surface area contributed by atoms with Crippen molar-refractivity contribution in [1.82, 2.24) is 24.4 Å². The molecule has 2 aliphatic heterocycles. The van der Waals surface area contributed by atoms with E-state index in [2.05, 4.69) is 20.3 Å². The van der Waals surface area contributed by atoms with Crippen LogP contribution in [0, 0.1) is 0 Å². The van der Waals surface area contributed by atoms with Crippen molar-refractivity contribution in [2.24, 2.45) is 0 Å². The van der Waals surface area contributed by atoms with Gasteiger partial charge in [-0.25, -0.2) is 9.97 Å². The fourth-order valence-electron chi connectivity index (χ4n) is 4.72. The number of carbonyl (C=O) groups excluding carboxylic acids is 2. The van der Waals surface area contributed by atoms with Crippen LogP contribution >= 0.6 is 0 Å². The highest BCUT2D eigenvalue weighted by Crippen LogP contribution is 2.32. The minimum atomic E-state index is -0.362. The smallest absolute Gasteiger partial charge is 0.273 e. The summed E-state index contributed by atoms with van der Waals surface area (Å²) >= 11 is 0. The lowest BCUT2D eigenvalue weighted by Crippen LogP contribution is -2.39. The third-order valence-corrected chi connectivity index (χ3v) is 6.62. The third-order valence-electron chi connectivity index (χ3n) is 6.62. The number of hydrogen-bond donors (Lipinski definition) is 3. The van der Waals surface area contributed by atoms with Crippen LogP contribution in [0.25, 0.3) is 17.1 Å². The molecule has 10 nitrogen and oxygen atoms in total. The molecule has 0 bridgehead atoms. The topological polar surface area (TPSA) is 125 Å². The van der Waals surface area contributed by atoms with Crippen LogP contribution in [0.3, 0.4) is 0 Å². The van der Waals surface area contributed by atoms with Gasteiger partial charge in [0, 0.05) is 29.9 Å². The molecule has 2 aliphatic rings. The van der Waals surface area contributed by atoms with Gasteiger partial charge in [-0.2, -0.15) is 0 Å². The van der Waals surface area contributed by atoms with Crippen LogP contribution < -0.4 is 10.1 Å². The average Bonchev–Trinajstić information content (AvgIpc) is 3.51. The third kappa shape index (κ3) is 4.25. The number of imidazole rings is 2. The number of aromatic amines is 1. The number of benzene rings is 2. The zero-order chi connectivity index (χ0) is 25.7. The molecule has 4 heterocycles. The molecule has 0 radical (unpaired) electrons. The van der Waals surface area contributed by atoms with Gasteiger partial charge in [-0.3, -0.25) is 9.59 Å². The second-order valence-corrected chi connectivity index (χ2v) is 9.76. The first-order chi connectivity index (χ1) is 17.8. The van der Waals surface area contributed by atoms with Gasteiger partial charge in [0.05, 0.1) is 23.8 Å². The summed E-state index contributed by atoms with van der Waals surface area (Å²) in [6, 6.07) is 10.8. The minimum absolute atomic E-state index is 0.130. The molecule has 2 aromatic heterocycles. The molecule has 0 saturated heterocycles. The van der Waals surface area contributed by atoms with Gasteiger partial charge in [0.25, 0.3) is 11.8 Å². The molecule has 0 aliphatic carbocycles. The van der Waals surface area contributed by atoms with Crippen molar-refractivity contribution >= 4 is 34.6 Å². The summed E-state index contributed by atoms with van der Waals surface area (Å²) in [5.41, 5.74) is 3.56. The number of nitrogens with one attached hydrogen (secondary N) is 2. The zero-order valence-corrected chi connectivity index (χ0v) is 20.5. The summed E-state index contributed by atoms with van der Waals surface area (Å²) in [7, 11) is 0. The number of hydrogen-bond acceptors (Lipinski definition) is 6. The van der Waals surface area contributed by atoms with Crippen molar-refractivity contribution in [3.8, 4) is 5.75 Å². The largest absolute Gasteiger partial charge is 0.483 e. The first-order valence-corrected chi connectivity index (χ1v) is 12.1. The molecule has 0 fully saturated rings. The first kappa shape index (κ1) is 23.0. The Balaban J connectivity index is 1.16. The lowest BCUT2D eigenvalue weighted by Gasteiger charge is -2.28. The monoisotopic (exact) mass is 498 g/mol. The zero-order valence-electron chi connectivity index (χ0n) is 20.5. The van der Waals surface area contributed by atoms with Crippen molar-refractivity contribution in [2.45, 2.75) is 39.1 Å². The Hall–Kier alpha value is -4.44. The van der Waals surface area contributed by atoms with E-state index in [1.807, 2.05) is 48.8 Å². The minimum Gasteiger partial charge on any atom is -0.483 e. The molecule has 0 unspecified atom stereocenters. The molecule has 188 valence electrons. The van der Waals surface area contributed by atoms with E-state index in [1.165, 1.54) is 0 Å². The molecular weight excluding hydrogens is 472 g/mol. The van der Waals surface area contributed by atoms with Crippen LogP contribution in [-0.4, -0.2) is 53.5 Å². The predicted octanol–water partition coefficient (Wildman–Crippen LogP) is 3.34. The van der Waals surface area contributed by atoms with E-state index in [0.29, 0.717) is 59.3 Å². The van der Waals surface area contributed by atoms with Crippen LogP contribution in [-0.2, 0) is 19.7 Å². The Bertz CT molecular complexity index is 1580. The normalized spacial score (nSPS) is 15.7. The van der Waals surface area contributed by atoms with Crippen LogP contribution in [0.1, 0.15) is 51.9 Å². The standard InChI is InChI=1S/C27H26N6O4/c1-27(2)8-7-16-11-18(4-6-22(16)37-27)29-25(35)21-13-28-24-14-32(9-10-33(21)24)26(36)17-3-5-19-20(12-17)31-23(15-34)30-19/h3-8,11-13,34H,9-10,14-15H2,1-2H3,(H,29,35)(H,30,31). The van der Waals surface area contributed by atoms with Gasteiger partial charge in [-0.05, 0) is 56.3 Å². The Kier molecular flexibility index (Phi) is 5.34. The second kappa shape index (κ2) is 8.59. The Morgan fingerprint density at radius 1 is 1.19 bits per heavy atom. The Morgan fingerprint density at radius 2 is 2.05 bits per heavy atom. The quantitative estimate of drug-likeness (QED) is 0.396. The molecule has 0 spiro atoms. The maximum atomic E-state index is 13.2. The fourth-order valence-corrected chi connectivity index (χ4v) is 4.72. The van der Waals surface area contributed by atoms with E-state index in [1.54, 1.807) is 29.3 Å². The van der Waals surface area contributed by atoms with E-state index >= 15 is 0 Å². The van der Waals surface area contributed by atoms with Gasteiger partial charge >= 0.3 is 0 Å². The number of aliphatic hydroxyl groups excluding tert-OH is 1. The summed E-state index contributed by atoms with van der Waals surface area (Å²) in [5, 5.41) is 12.2. The number of H-pyrrole nitrogens is 1. The summed E-state index contributed by atoms with van der Waals surface area (Å²) < 4.78 is 7.81. The maximum absolute atomic E-state index is 13.2. The van der Waals surface area contributed by atoms with Gasteiger partial charge < -0.3 is 29.6 Å². The number of fused-ring (bicyclic) bond motifs is 3. The lowest BCUT2D eigenvalue weighted by atomic mass is 10.0. The van der Waals surface area contributed by atoms with E-state index in [4.69, 9.17) is 4.74 Å². The van der Waals surface area contributed by atoms with Crippen LogP contribution in [0.15, 0.2) is 48.7 Å². The van der Waals surface area contributed by atoms with Crippen molar-refractivity contribution in [3.63, 3.8) is 0 Å². The van der Waals surface area contributed by atoms with Crippen LogP contribution in [0.5, 0.6) is 5.75 Å². The summed E-state index contributed by atoms with van der Waals surface area (Å²) in [5.74, 6) is 1.49. The second-order valence-electron chi connectivity index (χ2n) is 9.76. The number of aromatic nitrogens is 4. The van der Waals surface area contributed by atoms with E-state index in [0.717, 1.165) is 11.3 Å². The molecule has 37 heavy (non-hydrogen) atoms. The SMILES string of the molecule is CC1(C)C=Cc2cc(NC(=O)c3cnc4n3CCN(C(=O)c3ccc5nc(CO)[nH]c5c3)C4)ccc2O1. The molecular formula is C27H26N6O4. The molecule has 3 N–H and O–H groups in total. The van der Waals surface area contributed by atoms with Gasteiger partial charge in [0.15, 0.2) is 0 Å². The van der Waals surface area contributed by atoms with Crippen molar-refractivity contribution in [1.29, 1.82) is 0 Å². The number of rotatable bonds is 4. The highest BCUT2D eigenvalue weighted by atomic mass is 16.5. The van der Waals surface area contributed by atoms with Gasteiger partial charge in [0.2, 0.25) is 0 Å². The average molecular weight is 499 g/mol. The van der Waals surface area contributed by atoms with E-state index in [9.17, 15) is 14.7 Å². The Morgan fingerprint density at radius 3 is 2.89 bits per heavy atom. The highest BCUT2D eigenvalue weighted by molar-refractivity contribution is 6.03. The predicted molar refractivity (Wildman–Crippen MR) is 137 cm³/mol. The summed E-state index contributed by atoms with van der Waals surface area (Å²) in [4.78, 5) is 39.7. The van der Waals surface area contributed by atoms with Crippen LogP contribution in [0.4, 0.5) is 5.69 Å². The summed E-state index contributed by atoms with van der Waals surface area (Å²) in [6.45, 7) is 4.99. The van der Waals surface area contributed by atoms with Crippen molar-refractivity contribution in [3.05, 3.63) is 77.1 Å². The number of anilines is 1. The van der Waals surface area contributed by atoms with Crippen molar-refractivity contribution < 1.29 is 19.4 Å². The van der Waals surface area contributed by atoms with E-state index < -0.39 is 0 Å². The molecule has 0 atom stereocenters. The Labute approximate surface area is 212 Å². The van der Waals surface area contributed by atoms with Gasteiger partial charge in [0.1, 0.15) is 35.3 Å².